The molecule has 0 aromatic heterocycles. The van der Waals surface area contributed by atoms with Crippen LogP contribution in [-0.2, 0) is 0 Å². The lowest BCUT2D eigenvalue weighted by molar-refractivity contribution is 0.0688. The second kappa shape index (κ2) is 8.15. The fraction of sp³-hybridized carbons (Fsp3) is 0.588. The zero-order valence-electron chi connectivity index (χ0n) is 13.6. The third kappa shape index (κ3) is 4.45. The molecule has 0 aliphatic carbocycles. The van der Waals surface area contributed by atoms with Gasteiger partial charge in [-0.1, -0.05) is 12.1 Å². The largest absolute Gasteiger partial charge is 0.491 e. The van der Waals surface area contributed by atoms with Gasteiger partial charge in [0.15, 0.2) is 0 Å². The fourth-order valence-electron chi connectivity index (χ4n) is 2.65. The van der Waals surface area contributed by atoms with E-state index >= 15 is 0 Å². The van der Waals surface area contributed by atoms with Crippen molar-refractivity contribution >= 4 is 5.91 Å². The second-order valence-corrected chi connectivity index (χ2v) is 6.12. The number of carbonyl (C=O) groups excluding carboxylic acids is 1. The standard InChI is InChI=1S/C17H27N3O2/c1-19(2)11-12-22-16-6-4-3-5-15(16)17(21)20-9-7-14(13-18)8-10-20/h3-6,14H,7-13,18H2,1-2H3. The van der Waals surface area contributed by atoms with Crippen LogP contribution in [0.15, 0.2) is 24.3 Å². The fourth-order valence-corrected chi connectivity index (χ4v) is 2.65. The molecular weight excluding hydrogens is 278 g/mol. The summed E-state index contributed by atoms with van der Waals surface area (Å²) < 4.78 is 5.79. The van der Waals surface area contributed by atoms with Gasteiger partial charge in [-0.05, 0) is 51.5 Å². The monoisotopic (exact) mass is 305 g/mol. The normalized spacial score (nSPS) is 16.1. The van der Waals surface area contributed by atoms with Gasteiger partial charge in [-0.15, -0.1) is 0 Å². The second-order valence-electron chi connectivity index (χ2n) is 6.12. The first-order valence-electron chi connectivity index (χ1n) is 7.97. The maximum absolute atomic E-state index is 12.7. The highest BCUT2D eigenvalue weighted by Gasteiger charge is 2.24. The number of carbonyl (C=O) groups is 1. The molecule has 5 heteroatoms. The van der Waals surface area contributed by atoms with Crippen molar-refractivity contribution in [2.75, 3.05) is 46.9 Å². The highest BCUT2D eigenvalue weighted by molar-refractivity contribution is 5.97. The molecule has 0 unspecified atom stereocenters. The van der Waals surface area contributed by atoms with E-state index in [1.165, 1.54) is 0 Å². The zero-order valence-corrected chi connectivity index (χ0v) is 13.6. The van der Waals surface area contributed by atoms with Gasteiger partial charge in [0.1, 0.15) is 12.4 Å². The molecule has 0 atom stereocenters. The molecule has 1 aromatic rings. The van der Waals surface area contributed by atoms with E-state index in [1.807, 2.05) is 43.3 Å². The van der Waals surface area contributed by atoms with Crippen LogP contribution < -0.4 is 10.5 Å². The highest BCUT2D eigenvalue weighted by atomic mass is 16.5. The van der Waals surface area contributed by atoms with Crippen LogP contribution in [-0.4, -0.2) is 62.6 Å². The van der Waals surface area contributed by atoms with Crippen LogP contribution in [0, 0.1) is 5.92 Å². The summed E-state index contributed by atoms with van der Waals surface area (Å²) >= 11 is 0. The highest BCUT2D eigenvalue weighted by Crippen LogP contribution is 2.23. The summed E-state index contributed by atoms with van der Waals surface area (Å²) in [4.78, 5) is 16.7. The van der Waals surface area contributed by atoms with Crippen LogP contribution in [0.5, 0.6) is 5.75 Å². The molecule has 1 aliphatic rings. The van der Waals surface area contributed by atoms with Crippen LogP contribution in [0.2, 0.25) is 0 Å². The number of nitrogens with zero attached hydrogens (tertiary/aromatic N) is 2. The summed E-state index contributed by atoms with van der Waals surface area (Å²) in [6.07, 6.45) is 1.98. The topological polar surface area (TPSA) is 58.8 Å². The Morgan fingerprint density at radius 2 is 2.00 bits per heavy atom. The van der Waals surface area contributed by atoms with Crippen LogP contribution in [0.3, 0.4) is 0 Å². The molecule has 1 fully saturated rings. The number of hydrogen-bond acceptors (Lipinski definition) is 4. The van der Waals surface area contributed by atoms with Crippen molar-refractivity contribution in [1.29, 1.82) is 0 Å². The minimum atomic E-state index is 0.0657. The molecule has 22 heavy (non-hydrogen) atoms. The molecule has 5 nitrogen and oxygen atoms in total. The van der Waals surface area contributed by atoms with Gasteiger partial charge in [-0.2, -0.15) is 0 Å². The third-order valence-corrected chi connectivity index (χ3v) is 4.15. The van der Waals surface area contributed by atoms with Gasteiger partial charge < -0.3 is 20.3 Å². The number of para-hydroxylation sites is 1. The number of hydrogen-bond donors (Lipinski definition) is 1. The molecule has 0 radical (unpaired) electrons. The smallest absolute Gasteiger partial charge is 0.257 e. The summed E-state index contributed by atoms with van der Waals surface area (Å²) in [6.45, 7) is 3.68. The van der Waals surface area contributed by atoms with Gasteiger partial charge >= 0.3 is 0 Å². The molecule has 0 bridgehead atoms. The van der Waals surface area contributed by atoms with E-state index in [0.29, 0.717) is 30.4 Å². The lowest BCUT2D eigenvalue weighted by Gasteiger charge is -2.31. The number of piperidine rings is 1. The van der Waals surface area contributed by atoms with Gasteiger partial charge in [0, 0.05) is 19.6 Å². The maximum Gasteiger partial charge on any atom is 0.257 e. The lowest BCUT2D eigenvalue weighted by Crippen LogP contribution is -2.40. The Morgan fingerprint density at radius 1 is 1.32 bits per heavy atom. The van der Waals surface area contributed by atoms with Gasteiger partial charge in [-0.25, -0.2) is 0 Å². The Bertz CT molecular complexity index is 483. The summed E-state index contributed by atoms with van der Waals surface area (Å²) in [5.74, 6) is 1.29. The van der Waals surface area contributed by atoms with E-state index in [0.717, 1.165) is 32.5 Å². The van der Waals surface area contributed by atoms with E-state index in [1.54, 1.807) is 0 Å². The Labute approximate surface area is 133 Å². The molecule has 1 aromatic carbocycles. The minimum absolute atomic E-state index is 0.0657. The summed E-state index contributed by atoms with van der Waals surface area (Å²) in [7, 11) is 4.00. The first-order chi connectivity index (χ1) is 10.6. The number of amides is 1. The van der Waals surface area contributed by atoms with Crippen molar-refractivity contribution in [3.63, 3.8) is 0 Å². The van der Waals surface area contributed by atoms with Crippen LogP contribution in [0.1, 0.15) is 23.2 Å². The molecular formula is C17H27N3O2. The van der Waals surface area contributed by atoms with Gasteiger partial charge in [-0.3, -0.25) is 4.79 Å². The first-order valence-corrected chi connectivity index (χ1v) is 7.97. The molecule has 1 heterocycles. The molecule has 1 saturated heterocycles. The van der Waals surface area contributed by atoms with Crippen LogP contribution in [0.25, 0.3) is 0 Å². The first kappa shape index (κ1) is 16.8. The number of rotatable bonds is 6. The number of ether oxygens (including phenoxy) is 1. The van der Waals surface area contributed by atoms with Crippen molar-refractivity contribution in [3.8, 4) is 5.75 Å². The molecule has 1 amide bonds. The molecule has 2 rings (SSSR count). The van der Waals surface area contributed by atoms with Crippen LogP contribution >= 0.6 is 0 Å². The summed E-state index contributed by atoms with van der Waals surface area (Å²) in [6, 6.07) is 7.51. The minimum Gasteiger partial charge on any atom is -0.491 e. The Balaban J connectivity index is 2.00. The molecule has 122 valence electrons. The quantitative estimate of drug-likeness (QED) is 0.864. The van der Waals surface area contributed by atoms with Crippen molar-refractivity contribution in [2.45, 2.75) is 12.8 Å². The third-order valence-electron chi connectivity index (χ3n) is 4.15. The SMILES string of the molecule is CN(C)CCOc1ccccc1C(=O)N1CCC(CN)CC1. The Kier molecular flexibility index (Phi) is 6.21. The predicted octanol–water partition coefficient (Wildman–Crippen LogP) is 1.44. The molecule has 0 saturated carbocycles. The number of likely N-dealkylation sites (N-methyl/N-ethyl adjacent to an activating group) is 1. The molecule has 1 aliphatic heterocycles. The predicted molar refractivity (Wildman–Crippen MR) is 88.2 cm³/mol. The molecule has 0 spiro atoms. The number of nitrogens with two attached hydrogens (primary N) is 1. The Morgan fingerprint density at radius 3 is 2.64 bits per heavy atom. The number of likely N-dealkylation sites (tertiary alicyclic amines) is 1. The van der Waals surface area contributed by atoms with E-state index < -0.39 is 0 Å². The van der Waals surface area contributed by atoms with Crippen molar-refractivity contribution < 1.29 is 9.53 Å². The summed E-state index contributed by atoms with van der Waals surface area (Å²) in [5.41, 5.74) is 6.37. The van der Waals surface area contributed by atoms with E-state index in [4.69, 9.17) is 10.5 Å². The van der Waals surface area contributed by atoms with Gasteiger partial charge in [0.25, 0.3) is 5.91 Å². The van der Waals surface area contributed by atoms with Crippen LogP contribution in [0.4, 0.5) is 0 Å². The van der Waals surface area contributed by atoms with Gasteiger partial charge in [0.05, 0.1) is 5.56 Å². The van der Waals surface area contributed by atoms with E-state index in [-0.39, 0.29) is 5.91 Å². The average Bonchev–Trinajstić information content (AvgIpc) is 2.54. The zero-order chi connectivity index (χ0) is 15.9. The average molecular weight is 305 g/mol. The van der Waals surface area contributed by atoms with Crippen molar-refractivity contribution in [2.24, 2.45) is 11.7 Å². The molecule has 2 N–H and O–H groups in total. The van der Waals surface area contributed by atoms with Gasteiger partial charge in [0.2, 0.25) is 0 Å². The maximum atomic E-state index is 12.7. The van der Waals surface area contributed by atoms with E-state index in [9.17, 15) is 4.79 Å². The Hall–Kier alpha value is -1.59. The summed E-state index contributed by atoms with van der Waals surface area (Å²) in [5, 5.41) is 0. The lowest BCUT2D eigenvalue weighted by atomic mass is 9.96. The van der Waals surface area contributed by atoms with Crippen molar-refractivity contribution in [1.82, 2.24) is 9.80 Å². The number of benzene rings is 1. The van der Waals surface area contributed by atoms with Crippen molar-refractivity contribution in [3.05, 3.63) is 29.8 Å². The van der Waals surface area contributed by atoms with E-state index in [2.05, 4.69) is 4.90 Å².